The summed E-state index contributed by atoms with van der Waals surface area (Å²) in [5.74, 6) is 1.28. The van der Waals surface area contributed by atoms with Crippen LogP contribution >= 0.6 is 0 Å². The van der Waals surface area contributed by atoms with E-state index >= 15 is 0 Å². The highest BCUT2D eigenvalue weighted by molar-refractivity contribution is 5.74. The van der Waals surface area contributed by atoms with Crippen LogP contribution in [0.1, 0.15) is 24.5 Å². The third-order valence-electron chi connectivity index (χ3n) is 5.67. The number of fused-ring (bicyclic) bond motifs is 1. The fraction of sp³-hybridized carbons (Fsp3) is 0.476. The van der Waals surface area contributed by atoms with Gasteiger partial charge >= 0.3 is 0 Å². The molecule has 1 saturated heterocycles. The quantitative estimate of drug-likeness (QED) is 0.809. The van der Waals surface area contributed by atoms with Crippen molar-refractivity contribution in [2.75, 3.05) is 37.7 Å². The molecule has 4 rings (SSSR count). The van der Waals surface area contributed by atoms with Crippen LogP contribution in [0.5, 0.6) is 11.5 Å². The Bertz CT molecular complexity index is 935. The van der Waals surface area contributed by atoms with E-state index in [4.69, 9.17) is 10.00 Å². The predicted molar refractivity (Wildman–Crippen MR) is 108 cm³/mol. The second kappa shape index (κ2) is 7.85. The topological polar surface area (TPSA) is 106 Å². The van der Waals surface area contributed by atoms with Crippen molar-refractivity contribution in [3.8, 4) is 28.8 Å². The van der Waals surface area contributed by atoms with Crippen molar-refractivity contribution in [3.05, 3.63) is 29.3 Å². The fourth-order valence-electron chi connectivity index (χ4n) is 4.29. The van der Waals surface area contributed by atoms with E-state index in [1.165, 1.54) is 6.07 Å². The number of nitrogens with zero attached hydrogens (tertiary/aromatic N) is 5. The number of aromatic hydroxyl groups is 1. The summed E-state index contributed by atoms with van der Waals surface area (Å²) in [6, 6.07) is 7.12. The zero-order valence-corrected chi connectivity index (χ0v) is 16.7. The Morgan fingerprint density at radius 2 is 2.10 bits per heavy atom. The highest BCUT2D eigenvalue weighted by atomic mass is 16.5. The van der Waals surface area contributed by atoms with Crippen molar-refractivity contribution < 1.29 is 14.9 Å². The van der Waals surface area contributed by atoms with Crippen LogP contribution in [0.3, 0.4) is 0 Å². The molecule has 8 nitrogen and oxygen atoms in total. The van der Waals surface area contributed by atoms with Gasteiger partial charge in [-0.3, -0.25) is 4.90 Å². The van der Waals surface area contributed by atoms with Crippen LogP contribution in [0.25, 0.3) is 11.3 Å². The van der Waals surface area contributed by atoms with Crippen molar-refractivity contribution >= 4 is 5.82 Å². The van der Waals surface area contributed by atoms with Gasteiger partial charge < -0.3 is 19.8 Å². The molecule has 2 aliphatic heterocycles. The summed E-state index contributed by atoms with van der Waals surface area (Å²) >= 11 is 0. The molecule has 0 radical (unpaired) electrons. The average Bonchev–Trinajstić information content (AvgIpc) is 2.72. The average molecular weight is 395 g/mol. The monoisotopic (exact) mass is 395 g/mol. The Morgan fingerprint density at radius 3 is 2.83 bits per heavy atom. The van der Waals surface area contributed by atoms with Crippen LogP contribution < -0.4 is 9.64 Å². The number of nitriles is 1. The minimum atomic E-state index is -0.356. The maximum atomic E-state index is 10.4. The molecule has 2 atom stereocenters. The van der Waals surface area contributed by atoms with Gasteiger partial charge in [-0.1, -0.05) is 6.92 Å². The highest BCUT2D eigenvalue weighted by Gasteiger charge is 2.33. The van der Waals surface area contributed by atoms with Crippen molar-refractivity contribution in [1.82, 2.24) is 15.1 Å². The maximum Gasteiger partial charge on any atom is 0.194 e. The molecule has 0 bridgehead atoms. The molecule has 1 aromatic carbocycles. The molecule has 1 aromatic heterocycles. The predicted octanol–water partition coefficient (Wildman–Crippen LogP) is 1.68. The number of hydrogen-bond acceptors (Lipinski definition) is 8. The molecule has 0 spiro atoms. The lowest BCUT2D eigenvalue weighted by Gasteiger charge is -2.43. The van der Waals surface area contributed by atoms with Gasteiger partial charge in [0.15, 0.2) is 11.6 Å². The molecular weight excluding hydrogens is 370 g/mol. The number of aliphatic hydroxyl groups is 1. The van der Waals surface area contributed by atoms with E-state index in [0.717, 1.165) is 18.7 Å². The van der Waals surface area contributed by atoms with E-state index in [1.807, 2.05) is 13.0 Å². The van der Waals surface area contributed by atoms with Gasteiger partial charge in [-0.15, -0.1) is 10.2 Å². The smallest absolute Gasteiger partial charge is 0.194 e. The number of aliphatic hydroxyl groups excluding tert-OH is 1. The van der Waals surface area contributed by atoms with E-state index in [0.29, 0.717) is 54.5 Å². The second-order valence-electron chi connectivity index (χ2n) is 7.65. The van der Waals surface area contributed by atoms with Gasteiger partial charge in [0.25, 0.3) is 0 Å². The molecule has 2 N–H and O–H groups in total. The van der Waals surface area contributed by atoms with Crippen LogP contribution in [-0.4, -0.2) is 70.2 Å². The van der Waals surface area contributed by atoms with Gasteiger partial charge in [-0.05, 0) is 37.6 Å². The van der Waals surface area contributed by atoms with Crippen molar-refractivity contribution in [1.29, 1.82) is 5.26 Å². The van der Waals surface area contributed by atoms with Gasteiger partial charge in [0.2, 0.25) is 0 Å². The molecule has 0 unspecified atom stereocenters. The lowest BCUT2D eigenvalue weighted by atomic mass is 10.00. The van der Waals surface area contributed by atoms with Crippen molar-refractivity contribution in [2.45, 2.75) is 32.4 Å². The summed E-state index contributed by atoms with van der Waals surface area (Å²) in [4.78, 5) is 4.42. The molecule has 2 aliphatic rings. The molecular formula is C21H25N5O3. The van der Waals surface area contributed by atoms with Crippen LogP contribution in [0.4, 0.5) is 5.82 Å². The van der Waals surface area contributed by atoms with E-state index in [9.17, 15) is 10.2 Å². The summed E-state index contributed by atoms with van der Waals surface area (Å²) in [7, 11) is 0. The van der Waals surface area contributed by atoms with Gasteiger partial charge in [0.1, 0.15) is 18.1 Å². The summed E-state index contributed by atoms with van der Waals surface area (Å²) in [6.07, 6.45) is 0.333. The van der Waals surface area contributed by atoms with E-state index < -0.39 is 0 Å². The first kappa shape index (κ1) is 19.4. The first-order valence-corrected chi connectivity index (χ1v) is 9.91. The van der Waals surface area contributed by atoms with Gasteiger partial charge in [-0.2, -0.15) is 5.26 Å². The lowest BCUT2D eigenvalue weighted by molar-refractivity contribution is 0.0594. The number of phenolic OH excluding ortho intramolecular Hbond substituents is 1. The zero-order chi connectivity index (χ0) is 20.5. The summed E-state index contributed by atoms with van der Waals surface area (Å²) < 4.78 is 5.86. The molecule has 1 fully saturated rings. The number of benzene rings is 1. The minimum Gasteiger partial charge on any atom is -0.507 e. The number of aryl methyl sites for hydroxylation is 1. The highest BCUT2D eigenvalue weighted by Crippen LogP contribution is 2.38. The van der Waals surface area contributed by atoms with Gasteiger partial charge in [0, 0.05) is 30.8 Å². The fourth-order valence-corrected chi connectivity index (χ4v) is 4.29. The van der Waals surface area contributed by atoms with E-state index in [-0.39, 0.29) is 17.9 Å². The van der Waals surface area contributed by atoms with Crippen LogP contribution in [-0.2, 0) is 0 Å². The summed E-state index contributed by atoms with van der Waals surface area (Å²) in [6.45, 7) is 7.60. The lowest BCUT2D eigenvalue weighted by Crippen LogP contribution is -2.54. The maximum absolute atomic E-state index is 10.4. The van der Waals surface area contributed by atoms with E-state index in [2.05, 4.69) is 26.9 Å². The number of rotatable bonds is 3. The largest absolute Gasteiger partial charge is 0.507 e. The normalized spacial score (nSPS) is 21.9. The van der Waals surface area contributed by atoms with Crippen LogP contribution in [0.2, 0.25) is 0 Å². The molecule has 29 heavy (non-hydrogen) atoms. The summed E-state index contributed by atoms with van der Waals surface area (Å²) in [5, 5.41) is 38.5. The van der Waals surface area contributed by atoms with Crippen molar-refractivity contribution in [2.24, 2.45) is 0 Å². The SMILES string of the molecule is CCN1C[C@@H](O)C[C@@H](N2CCOc3cc(-c4c(C)cc(C#N)cc4O)nnc32)C1. The molecule has 2 aromatic rings. The number of likely N-dealkylation sites (tertiary alicyclic amines) is 1. The first-order valence-electron chi connectivity index (χ1n) is 9.91. The molecule has 0 amide bonds. The Morgan fingerprint density at radius 1 is 1.28 bits per heavy atom. The Balaban J connectivity index is 1.67. The number of likely N-dealkylation sites (N-methyl/N-ethyl adjacent to an activating group) is 1. The minimum absolute atomic E-state index is 0.00236. The number of β-amino-alcohol motifs (C(OH)–C–C–N with tert-alkyl or cyclic N) is 1. The Labute approximate surface area is 170 Å². The number of piperidine rings is 1. The Hall–Kier alpha value is -2.89. The molecule has 0 saturated carbocycles. The van der Waals surface area contributed by atoms with Gasteiger partial charge in [0.05, 0.1) is 24.3 Å². The molecule has 152 valence electrons. The number of anilines is 1. The molecule has 0 aliphatic carbocycles. The number of ether oxygens (including phenoxy) is 1. The third-order valence-corrected chi connectivity index (χ3v) is 5.67. The Kier molecular flexibility index (Phi) is 5.26. The second-order valence-corrected chi connectivity index (χ2v) is 7.65. The number of phenols is 1. The third kappa shape index (κ3) is 3.71. The number of hydrogen-bond donors (Lipinski definition) is 2. The zero-order valence-electron chi connectivity index (χ0n) is 16.7. The van der Waals surface area contributed by atoms with E-state index in [1.54, 1.807) is 12.1 Å². The first-order chi connectivity index (χ1) is 14.0. The van der Waals surface area contributed by atoms with Crippen LogP contribution in [0, 0.1) is 18.3 Å². The molecule has 3 heterocycles. The molecule has 8 heteroatoms. The summed E-state index contributed by atoms with van der Waals surface area (Å²) in [5.41, 5.74) is 2.19. The van der Waals surface area contributed by atoms with Crippen molar-refractivity contribution in [3.63, 3.8) is 0 Å². The standard InChI is InChI=1S/C21H25N5O3/c1-3-25-11-15(8-16(27)12-25)26-4-5-29-19-9-17(23-24-21(19)26)20-13(2)6-14(10-22)7-18(20)28/h6-7,9,15-16,27-28H,3-5,8,11-12H2,1-2H3/t15-,16+/m1/s1. The van der Waals surface area contributed by atoms with Crippen LogP contribution in [0.15, 0.2) is 18.2 Å². The number of aromatic nitrogens is 2. The van der Waals surface area contributed by atoms with Gasteiger partial charge in [-0.25, -0.2) is 0 Å².